The van der Waals surface area contributed by atoms with E-state index in [2.05, 4.69) is 22.2 Å². The average molecular weight is 348 g/mol. The first-order chi connectivity index (χ1) is 11.6. The Labute approximate surface area is 145 Å². The Hall–Kier alpha value is -2.73. The zero-order valence-corrected chi connectivity index (χ0v) is 14.2. The number of nitrogens with zero attached hydrogens (tertiary/aromatic N) is 1. The number of aromatic nitrogens is 1. The van der Waals surface area contributed by atoms with E-state index in [-0.39, 0.29) is 5.91 Å². The molecule has 0 atom stereocenters. The Morgan fingerprint density at radius 1 is 1.25 bits per heavy atom. The van der Waals surface area contributed by atoms with Crippen LogP contribution in [0.3, 0.4) is 0 Å². The monoisotopic (exact) mass is 347 g/mol. The van der Waals surface area contributed by atoms with Gasteiger partial charge in [-0.05, 0) is 6.07 Å². The topological polar surface area (TPSA) is 72.5 Å². The summed E-state index contributed by atoms with van der Waals surface area (Å²) in [6.45, 7) is 4.21. The summed E-state index contributed by atoms with van der Waals surface area (Å²) in [6.07, 6.45) is 4.83. The van der Waals surface area contributed by atoms with Gasteiger partial charge in [-0.3, -0.25) is 9.78 Å². The first kappa shape index (κ1) is 17.6. The fourth-order valence-electron chi connectivity index (χ4n) is 2.00. The van der Waals surface area contributed by atoms with Gasteiger partial charge in [0.25, 0.3) is 5.91 Å². The molecular formula is C17H18ClN3O3. The van der Waals surface area contributed by atoms with Crippen molar-refractivity contribution in [3.05, 3.63) is 53.8 Å². The highest BCUT2D eigenvalue weighted by Crippen LogP contribution is 2.36. The van der Waals surface area contributed by atoms with Crippen molar-refractivity contribution in [1.29, 1.82) is 0 Å². The molecule has 2 aromatic rings. The Balaban J connectivity index is 2.24. The average Bonchev–Trinajstić information content (AvgIpc) is 2.61. The minimum absolute atomic E-state index is 0.326. The molecule has 0 fully saturated rings. The molecule has 2 N–H and O–H groups in total. The minimum atomic E-state index is -0.326. The van der Waals surface area contributed by atoms with E-state index >= 15 is 0 Å². The summed E-state index contributed by atoms with van der Waals surface area (Å²) in [5, 5.41) is 6.24. The van der Waals surface area contributed by atoms with Gasteiger partial charge in [0.05, 0.1) is 36.2 Å². The maximum absolute atomic E-state index is 12.5. The molecule has 1 heterocycles. The lowest BCUT2D eigenvalue weighted by atomic mass is 10.2. The standard InChI is InChI=1S/C17H18ClN3O3/c1-4-5-20-12-6-11(9-19-10-12)17(22)21-14-8-15(23-2)13(18)7-16(14)24-3/h4,6-10,20H,1,5H2,2-3H3,(H,21,22). The summed E-state index contributed by atoms with van der Waals surface area (Å²) in [7, 11) is 2.99. The van der Waals surface area contributed by atoms with Crippen LogP contribution in [-0.4, -0.2) is 31.7 Å². The summed E-state index contributed by atoms with van der Waals surface area (Å²) in [6, 6.07) is 4.88. The maximum Gasteiger partial charge on any atom is 0.257 e. The second-order valence-electron chi connectivity index (χ2n) is 4.77. The molecule has 24 heavy (non-hydrogen) atoms. The van der Waals surface area contributed by atoms with Crippen molar-refractivity contribution in [3.63, 3.8) is 0 Å². The molecule has 0 unspecified atom stereocenters. The molecule has 126 valence electrons. The molecule has 0 spiro atoms. The van der Waals surface area contributed by atoms with Crippen LogP contribution in [0.2, 0.25) is 5.02 Å². The zero-order valence-electron chi connectivity index (χ0n) is 13.4. The van der Waals surface area contributed by atoms with Gasteiger partial charge in [0, 0.05) is 31.1 Å². The van der Waals surface area contributed by atoms with Crippen LogP contribution in [0.15, 0.2) is 43.2 Å². The van der Waals surface area contributed by atoms with Crippen LogP contribution in [0, 0.1) is 0 Å². The number of ether oxygens (including phenoxy) is 2. The highest BCUT2D eigenvalue weighted by atomic mass is 35.5. The molecule has 0 aliphatic rings. The number of anilines is 2. The van der Waals surface area contributed by atoms with Crippen LogP contribution in [0.5, 0.6) is 11.5 Å². The highest BCUT2D eigenvalue weighted by Gasteiger charge is 2.14. The largest absolute Gasteiger partial charge is 0.495 e. The van der Waals surface area contributed by atoms with Crippen molar-refractivity contribution >= 4 is 28.9 Å². The number of hydrogen-bond donors (Lipinski definition) is 2. The smallest absolute Gasteiger partial charge is 0.257 e. The second-order valence-corrected chi connectivity index (χ2v) is 5.18. The molecule has 0 aliphatic heterocycles. The Kier molecular flexibility index (Phi) is 6.03. The first-order valence-electron chi connectivity index (χ1n) is 7.11. The molecule has 2 rings (SSSR count). The van der Waals surface area contributed by atoms with Crippen molar-refractivity contribution in [1.82, 2.24) is 4.98 Å². The third kappa shape index (κ3) is 4.17. The SMILES string of the molecule is C=CCNc1cncc(C(=O)Nc2cc(OC)c(Cl)cc2OC)c1. The van der Waals surface area contributed by atoms with E-state index in [0.717, 1.165) is 5.69 Å². The number of carbonyl (C=O) groups is 1. The molecule has 6 nitrogen and oxygen atoms in total. The highest BCUT2D eigenvalue weighted by molar-refractivity contribution is 6.32. The molecule has 0 aliphatic carbocycles. The molecule has 1 aromatic carbocycles. The van der Waals surface area contributed by atoms with Crippen molar-refractivity contribution in [2.24, 2.45) is 0 Å². The van der Waals surface area contributed by atoms with E-state index in [9.17, 15) is 4.79 Å². The quantitative estimate of drug-likeness (QED) is 0.749. The Morgan fingerprint density at radius 3 is 2.67 bits per heavy atom. The second kappa shape index (κ2) is 8.21. The van der Waals surface area contributed by atoms with E-state index in [4.69, 9.17) is 21.1 Å². The van der Waals surface area contributed by atoms with Crippen molar-refractivity contribution in [3.8, 4) is 11.5 Å². The van der Waals surface area contributed by atoms with Gasteiger partial charge in [0.2, 0.25) is 0 Å². The van der Waals surface area contributed by atoms with Crippen LogP contribution in [0.4, 0.5) is 11.4 Å². The normalized spacial score (nSPS) is 9.96. The molecular weight excluding hydrogens is 330 g/mol. The van der Waals surface area contributed by atoms with Gasteiger partial charge in [-0.15, -0.1) is 6.58 Å². The third-order valence-corrected chi connectivity index (χ3v) is 3.47. The van der Waals surface area contributed by atoms with Gasteiger partial charge in [-0.1, -0.05) is 17.7 Å². The van der Waals surface area contributed by atoms with E-state index in [1.165, 1.54) is 20.4 Å². The van der Waals surface area contributed by atoms with Crippen molar-refractivity contribution in [2.45, 2.75) is 0 Å². The Morgan fingerprint density at radius 2 is 2.00 bits per heavy atom. The van der Waals surface area contributed by atoms with Crippen LogP contribution in [-0.2, 0) is 0 Å². The lowest BCUT2D eigenvalue weighted by Gasteiger charge is -2.13. The fraction of sp³-hybridized carbons (Fsp3) is 0.176. The molecule has 1 aromatic heterocycles. The van der Waals surface area contributed by atoms with Gasteiger partial charge in [-0.2, -0.15) is 0 Å². The van der Waals surface area contributed by atoms with Crippen LogP contribution in [0.25, 0.3) is 0 Å². The number of carbonyl (C=O) groups excluding carboxylic acids is 1. The summed E-state index contributed by atoms with van der Waals surface area (Å²) in [5.74, 6) is 0.544. The number of pyridine rings is 1. The third-order valence-electron chi connectivity index (χ3n) is 3.17. The molecule has 7 heteroatoms. The molecule has 0 saturated carbocycles. The molecule has 1 amide bonds. The lowest BCUT2D eigenvalue weighted by molar-refractivity contribution is 0.102. The van der Waals surface area contributed by atoms with Crippen LogP contribution >= 0.6 is 11.6 Å². The number of benzene rings is 1. The fourth-order valence-corrected chi connectivity index (χ4v) is 2.23. The predicted octanol–water partition coefficient (Wildman–Crippen LogP) is 3.60. The summed E-state index contributed by atoms with van der Waals surface area (Å²) < 4.78 is 10.4. The van der Waals surface area contributed by atoms with Gasteiger partial charge in [0.1, 0.15) is 11.5 Å². The summed E-state index contributed by atoms with van der Waals surface area (Å²) >= 11 is 6.06. The Bertz CT molecular complexity index is 750. The predicted molar refractivity (Wildman–Crippen MR) is 95.4 cm³/mol. The van der Waals surface area contributed by atoms with Crippen LogP contribution < -0.4 is 20.1 Å². The first-order valence-corrected chi connectivity index (χ1v) is 7.49. The number of amides is 1. The number of nitrogens with one attached hydrogen (secondary N) is 2. The molecule has 0 radical (unpaired) electrons. The van der Waals surface area contributed by atoms with E-state index < -0.39 is 0 Å². The van der Waals surface area contributed by atoms with E-state index in [0.29, 0.717) is 34.3 Å². The number of hydrogen-bond acceptors (Lipinski definition) is 5. The summed E-state index contributed by atoms with van der Waals surface area (Å²) in [5.41, 5.74) is 1.58. The van der Waals surface area contributed by atoms with Gasteiger partial charge < -0.3 is 20.1 Å². The van der Waals surface area contributed by atoms with Crippen molar-refractivity contribution in [2.75, 3.05) is 31.4 Å². The van der Waals surface area contributed by atoms with Gasteiger partial charge in [0.15, 0.2) is 0 Å². The summed E-state index contributed by atoms with van der Waals surface area (Å²) in [4.78, 5) is 16.5. The van der Waals surface area contributed by atoms with Gasteiger partial charge >= 0.3 is 0 Å². The molecule has 0 bridgehead atoms. The zero-order chi connectivity index (χ0) is 17.5. The molecule has 0 saturated heterocycles. The maximum atomic E-state index is 12.5. The van der Waals surface area contributed by atoms with Crippen molar-refractivity contribution < 1.29 is 14.3 Å². The lowest BCUT2D eigenvalue weighted by Crippen LogP contribution is -2.13. The van der Waals surface area contributed by atoms with E-state index in [1.54, 1.807) is 30.5 Å². The minimum Gasteiger partial charge on any atom is -0.495 e. The number of halogens is 1. The van der Waals surface area contributed by atoms with Gasteiger partial charge in [-0.25, -0.2) is 0 Å². The van der Waals surface area contributed by atoms with Crippen LogP contribution in [0.1, 0.15) is 10.4 Å². The number of rotatable bonds is 7. The van der Waals surface area contributed by atoms with E-state index in [1.807, 2.05) is 0 Å². The number of methoxy groups -OCH3 is 2.